The van der Waals surface area contributed by atoms with Gasteiger partial charge in [-0.3, -0.25) is 23.7 Å². The summed E-state index contributed by atoms with van der Waals surface area (Å²) in [4.78, 5) is 38.7. The lowest BCUT2D eigenvalue weighted by Crippen LogP contribution is -2.35. The lowest BCUT2D eigenvalue weighted by molar-refractivity contribution is -0.122. The van der Waals surface area contributed by atoms with E-state index in [0.29, 0.717) is 11.4 Å². The molecule has 33 heavy (non-hydrogen) atoms. The second-order valence-corrected chi connectivity index (χ2v) is 9.96. The summed E-state index contributed by atoms with van der Waals surface area (Å²) in [6.45, 7) is 8.27. The summed E-state index contributed by atoms with van der Waals surface area (Å²) < 4.78 is 4.50. The number of carbonyl (C=O) groups is 1. The van der Waals surface area contributed by atoms with Crippen LogP contribution in [-0.4, -0.2) is 35.2 Å². The molecule has 0 bridgehead atoms. The summed E-state index contributed by atoms with van der Waals surface area (Å²) in [5.41, 5.74) is 0.671. The van der Waals surface area contributed by atoms with E-state index in [9.17, 15) is 14.4 Å². The molecule has 3 heterocycles. The molecule has 1 saturated carbocycles. The van der Waals surface area contributed by atoms with Crippen molar-refractivity contribution in [1.82, 2.24) is 34.7 Å². The number of hydrogen-bond acceptors (Lipinski definition) is 6. The lowest BCUT2D eigenvalue weighted by Gasteiger charge is -2.40. The highest BCUT2D eigenvalue weighted by atomic mass is 16.2. The van der Waals surface area contributed by atoms with Crippen LogP contribution in [0.3, 0.4) is 0 Å². The average molecular weight is 454 g/mol. The second kappa shape index (κ2) is 8.57. The van der Waals surface area contributed by atoms with Crippen LogP contribution >= 0.6 is 0 Å². The fraction of sp³-hybridized carbons (Fsp3) is 0.565. The van der Waals surface area contributed by atoms with Crippen molar-refractivity contribution in [2.24, 2.45) is 18.4 Å². The molecule has 0 aliphatic heterocycles. The Morgan fingerprint density at radius 2 is 2.00 bits per heavy atom. The Balaban J connectivity index is 1.62. The predicted octanol–water partition coefficient (Wildman–Crippen LogP) is 1.95. The first kappa shape index (κ1) is 22.9. The van der Waals surface area contributed by atoms with Gasteiger partial charge >= 0.3 is 0 Å². The highest BCUT2D eigenvalue weighted by molar-refractivity contribution is 5.78. The number of carbonyl (C=O) groups excluding carboxylic acids is 1. The van der Waals surface area contributed by atoms with Crippen LogP contribution in [0.25, 0.3) is 10.9 Å². The summed E-state index contributed by atoms with van der Waals surface area (Å²) in [7, 11) is 1.69. The Morgan fingerprint density at radius 3 is 2.67 bits per heavy atom. The molecule has 0 saturated heterocycles. The normalized spacial score (nSPS) is 21.1. The van der Waals surface area contributed by atoms with Gasteiger partial charge in [0.15, 0.2) is 0 Å². The van der Waals surface area contributed by atoms with Crippen LogP contribution < -0.4 is 16.4 Å². The fourth-order valence-electron chi connectivity index (χ4n) is 5.15. The van der Waals surface area contributed by atoms with E-state index >= 15 is 0 Å². The SMILES string of the molecule is CC1CC(C)(C)CCC1n1c2cnn(CC(=O)N[C@H](C)c3ccnnc3)c(=O)c2c(=O)n1C. The van der Waals surface area contributed by atoms with Crippen LogP contribution in [0.1, 0.15) is 64.6 Å². The van der Waals surface area contributed by atoms with Crippen molar-refractivity contribution in [2.45, 2.75) is 65.6 Å². The molecule has 0 spiro atoms. The molecular weight excluding hydrogens is 422 g/mol. The maximum atomic E-state index is 13.1. The summed E-state index contributed by atoms with van der Waals surface area (Å²) >= 11 is 0. The van der Waals surface area contributed by atoms with Crippen molar-refractivity contribution in [3.63, 3.8) is 0 Å². The van der Waals surface area contributed by atoms with Gasteiger partial charge in [-0.2, -0.15) is 15.3 Å². The molecule has 1 N–H and O–H groups in total. The van der Waals surface area contributed by atoms with E-state index in [4.69, 9.17) is 0 Å². The van der Waals surface area contributed by atoms with Crippen molar-refractivity contribution < 1.29 is 4.79 Å². The van der Waals surface area contributed by atoms with Gasteiger partial charge in [0.25, 0.3) is 11.1 Å². The van der Waals surface area contributed by atoms with E-state index in [1.807, 2.05) is 11.6 Å². The van der Waals surface area contributed by atoms with Crippen LogP contribution in [0.2, 0.25) is 0 Å². The first-order valence-corrected chi connectivity index (χ1v) is 11.3. The maximum absolute atomic E-state index is 13.1. The summed E-state index contributed by atoms with van der Waals surface area (Å²) in [5, 5.41) is 14.7. The number of hydrogen-bond donors (Lipinski definition) is 1. The van der Waals surface area contributed by atoms with Crippen molar-refractivity contribution in [1.29, 1.82) is 0 Å². The van der Waals surface area contributed by atoms with Crippen LogP contribution in [0.4, 0.5) is 0 Å². The van der Waals surface area contributed by atoms with E-state index in [1.54, 1.807) is 25.5 Å². The topological polar surface area (TPSA) is 117 Å². The maximum Gasteiger partial charge on any atom is 0.282 e. The highest BCUT2D eigenvalue weighted by Gasteiger charge is 2.35. The number of aromatic nitrogens is 6. The van der Waals surface area contributed by atoms with E-state index < -0.39 is 5.56 Å². The summed E-state index contributed by atoms with van der Waals surface area (Å²) in [6, 6.07) is 1.57. The minimum absolute atomic E-state index is 0.0729. The van der Waals surface area contributed by atoms with Gasteiger partial charge in [-0.25, -0.2) is 4.68 Å². The Kier molecular flexibility index (Phi) is 5.94. The summed E-state index contributed by atoms with van der Waals surface area (Å²) in [6.07, 6.45) is 7.67. The summed E-state index contributed by atoms with van der Waals surface area (Å²) in [5.74, 6) is -0.0278. The zero-order valence-corrected chi connectivity index (χ0v) is 19.8. The molecule has 10 heteroatoms. The van der Waals surface area contributed by atoms with E-state index in [0.717, 1.165) is 29.5 Å². The number of nitrogens with zero attached hydrogens (tertiary/aromatic N) is 6. The highest BCUT2D eigenvalue weighted by Crippen LogP contribution is 2.44. The molecule has 0 radical (unpaired) electrons. The molecule has 2 unspecified atom stereocenters. The monoisotopic (exact) mass is 453 g/mol. The smallest absolute Gasteiger partial charge is 0.282 e. The van der Waals surface area contributed by atoms with Crippen LogP contribution in [0, 0.1) is 11.3 Å². The van der Waals surface area contributed by atoms with Crippen LogP contribution in [0.5, 0.6) is 0 Å². The van der Waals surface area contributed by atoms with Gasteiger partial charge in [-0.15, -0.1) is 0 Å². The van der Waals surface area contributed by atoms with Crippen molar-refractivity contribution in [3.8, 4) is 0 Å². The molecule has 10 nitrogen and oxygen atoms in total. The molecule has 1 fully saturated rings. The van der Waals surface area contributed by atoms with Gasteiger partial charge < -0.3 is 5.32 Å². The largest absolute Gasteiger partial charge is 0.348 e. The van der Waals surface area contributed by atoms with Crippen molar-refractivity contribution in [2.75, 3.05) is 0 Å². The van der Waals surface area contributed by atoms with Gasteiger partial charge in [0.2, 0.25) is 5.91 Å². The molecule has 1 aliphatic rings. The first-order chi connectivity index (χ1) is 15.6. The Bertz CT molecular complexity index is 1290. The molecule has 3 aromatic rings. The van der Waals surface area contributed by atoms with Gasteiger partial charge in [-0.1, -0.05) is 20.8 Å². The molecule has 4 rings (SSSR count). The number of nitrogens with one attached hydrogen (secondary N) is 1. The molecule has 1 amide bonds. The molecular formula is C23H31N7O3. The predicted molar refractivity (Wildman–Crippen MR) is 124 cm³/mol. The molecule has 3 aromatic heterocycles. The standard InChI is InChI=1S/C23H31N7O3/c1-14-10-23(3,4)8-6-17(14)30-18-12-26-29(22(33)20(18)21(32)28(30)5)13-19(31)27-15(2)16-7-9-24-25-11-16/h7,9,11-12,14-15,17H,6,8,10,13H2,1-5H3,(H,27,31)/t14?,15-,17?/m1/s1. The van der Waals surface area contributed by atoms with Gasteiger partial charge in [0.1, 0.15) is 11.9 Å². The van der Waals surface area contributed by atoms with Crippen LogP contribution in [0.15, 0.2) is 34.2 Å². The van der Waals surface area contributed by atoms with E-state index in [1.165, 1.54) is 10.9 Å². The van der Waals surface area contributed by atoms with E-state index in [2.05, 4.69) is 41.4 Å². The number of fused-ring (bicyclic) bond motifs is 1. The fourth-order valence-corrected chi connectivity index (χ4v) is 5.15. The Labute approximate surface area is 191 Å². The third-order valence-corrected chi connectivity index (χ3v) is 6.84. The minimum atomic E-state index is -0.552. The third kappa shape index (κ3) is 4.34. The van der Waals surface area contributed by atoms with Gasteiger partial charge in [-0.05, 0) is 49.1 Å². The number of rotatable bonds is 5. The number of amides is 1. The molecule has 176 valence electrons. The van der Waals surface area contributed by atoms with Gasteiger partial charge in [0.05, 0.1) is 30.0 Å². The van der Waals surface area contributed by atoms with Gasteiger partial charge in [0, 0.05) is 13.2 Å². The first-order valence-electron chi connectivity index (χ1n) is 11.3. The molecule has 0 aromatic carbocycles. The Morgan fingerprint density at radius 1 is 1.24 bits per heavy atom. The van der Waals surface area contributed by atoms with Crippen LogP contribution in [-0.2, 0) is 18.4 Å². The zero-order valence-electron chi connectivity index (χ0n) is 19.8. The quantitative estimate of drug-likeness (QED) is 0.631. The Hall–Kier alpha value is -3.30. The third-order valence-electron chi connectivity index (χ3n) is 6.84. The van der Waals surface area contributed by atoms with Crippen molar-refractivity contribution >= 4 is 16.8 Å². The average Bonchev–Trinajstić information content (AvgIpc) is 3.01. The van der Waals surface area contributed by atoms with E-state index in [-0.39, 0.29) is 40.9 Å². The molecule has 3 atom stereocenters. The lowest BCUT2D eigenvalue weighted by atomic mass is 9.70. The zero-order chi connectivity index (χ0) is 23.9. The van der Waals surface area contributed by atoms with Crippen molar-refractivity contribution in [3.05, 3.63) is 50.9 Å². The second-order valence-electron chi connectivity index (χ2n) is 9.96. The molecule has 1 aliphatic carbocycles. The minimum Gasteiger partial charge on any atom is -0.348 e.